The molecule has 4 nitrogen and oxygen atoms in total. The molecular formula is C15H18N4. The Hall–Kier alpha value is -1.94. The molecule has 1 aromatic carbocycles. The Labute approximate surface area is 113 Å². The molecule has 98 valence electrons. The van der Waals surface area contributed by atoms with Crippen LogP contribution >= 0.6 is 0 Å². The number of hydrogen-bond donors (Lipinski definition) is 2. The molecule has 0 unspecified atom stereocenters. The molecule has 0 atom stereocenters. The van der Waals surface area contributed by atoms with Gasteiger partial charge in [0.15, 0.2) is 5.82 Å². The van der Waals surface area contributed by atoms with Crippen LogP contribution < -0.4 is 10.6 Å². The number of aromatic nitrogens is 2. The van der Waals surface area contributed by atoms with Crippen molar-refractivity contribution in [3.05, 3.63) is 42.7 Å². The minimum Gasteiger partial charge on any atom is -0.382 e. The molecule has 0 aliphatic carbocycles. The Bertz CT molecular complexity index is 503. The third kappa shape index (κ3) is 3.09. The average molecular weight is 254 g/mol. The van der Waals surface area contributed by atoms with Crippen LogP contribution in [0.4, 0.5) is 5.69 Å². The fourth-order valence-corrected chi connectivity index (χ4v) is 2.37. The fourth-order valence-electron chi connectivity index (χ4n) is 2.37. The smallest absolute Gasteiger partial charge is 0.159 e. The fraction of sp³-hybridized carbons (Fsp3) is 0.333. The second-order valence-electron chi connectivity index (χ2n) is 4.82. The van der Waals surface area contributed by atoms with Gasteiger partial charge in [0.2, 0.25) is 0 Å². The molecule has 0 spiro atoms. The van der Waals surface area contributed by atoms with Crippen molar-refractivity contribution in [1.29, 1.82) is 0 Å². The lowest BCUT2D eigenvalue weighted by Gasteiger charge is -2.24. The molecule has 0 amide bonds. The first kappa shape index (κ1) is 12.1. The van der Waals surface area contributed by atoms with E-state index in [4.69, 9.17) is 0 Å². The molecule has 1 fully saturated rings. The topological polar surface area (TPSA) is 49.8 Å². The van der Waals surface area contributed by atoms with E-state index < -0.39 is 0 Å². The molecule has 1 aromatic heterocycles. The number of anilines is 1. The lowest BCUT2D eigenvalue weighted by atomic mass is 10.1. The van der Waals surface area contributed by atoms with Crippen molar-refractivity contribution in [2.45, 2.75) is 18.9 Å². The first-order valence-electron chi connectivity index (χ1n) is 6.76. The summed E-state index contributed by atoms with van der Waals surface area (Å²) in [5.41, 5.74) is 2.23. The predicted octanol–water partition coefficient (Wildman–Crippen LogP) is 2.31. The van der Waals surface area contributed by atoms with Gasteiger partial charge in [-0.2, -0.15) is 0 Å². The van der Waals surface area contributed by atoms with E-state index in [1.54, 1.807) is 12.4 Å². The number of nitrogens with zero attached hydrogens (tertiary/aromatic N) is 2. The van der Waals surface area contributed by atoms with Crippen LogP contribution in [0.3, 0.4) is 0 Å². The van der Waals surface area contributed by atoms with E-state index in [1.807, 2.05) is 6.07 Å². The number of piperidine rings is 1. The summed E-state index contributed by atoms with van der Waals surface area (Å²) < 4.78 is 0. The standard InChI is InChI=1S/C15H18N4/c1-8-17-15(18-9-1)12-2-4-13(5-3-12)19-14-6-10-16-11-7-14/h1-5,8-9,14,16,19H,6-7,10-11H2. The Balaban J connectivity index is 1.68. The van der Waals surface area contributed by atoms with Gasteiger partial charge in [0.1, 0.15) is 0 Å². The highest BCUT2D eigenvalue weighted by molar-refractivity contribution is 5.59. The molecule has 0 bridgehead atoms. The number of nitrogens with one attached hydrogen (secondary N) is 2. The Morgan fingerprint density at radius 3 is 2.37 bits per heavy atom. The summed E-state index contributed by atoms with van der Waals surface area (Å²) in [6.45, 7) is 2.21. The van der Waals surface area contributed by atoms with Crippen molar-refractivity contribution in [3.8, 4) is 11.4 Å². The predicted molar refractivity (Wildman–Crippen MR) is 77.0 cm³/mol. The second kappa shape index (κ2) is 5.80. The molecule has 2 heterocycles. The highest BCUT2D eigenvalue weighted by Crippen LogP contribution is 2.19. The summed E-state index contributed by atoms with van der Waals surface area (Å²) >= 11 is 0. The highest BCUT2D eigenvalue weighted by atomic mass is 15.0. The molecule has 2 N–H and O–H groups in total. The summed E-state index contributed by atoms with van der Waals surface area (Å²) in [5.74, 6) is 0.774. The van der Waals surface area contributed by atoms with Gasteiger partial charge in [-0.3, -0.25) is 0 Å². The van der Waals surface area contributed by atoms with Crippen LogP contribution in [0.1, 0.15) is 12.8 Å². The van der Waals surface area contributed by atoms with E-state index in [-0.39, 0.29) is 0 Å². The van der Waals surface area contributed by atoms with Crippen LogP contribution in [-0.2, 0) is 0 Å². The Kier molecular flexibility index (Phi) is 3.70. The molecule has 4 heteroatoms. The third-order valence-electron chi connectivity index (χ3n) is 3.42. The van der Waals surface area contributed by atoms with Gasteiger partial charge in [-0.1, -0.05) is 0 Å². The highest BCUT2D eigenvalue weighted by Gasteiger charge is 2.12. The zero-order chi connectivity index (χ0) is 12.9. The van der Waals surface area contributed by atoms with Gasteiger partial charge in [0.05, 0.1) is 0 Å². The van der Waals surface area contributed by atoms with Crippen LogP contribution in [0.15, 0.2) is 42.7 Å². The minimum atomic E-state index is 0.583. The molecular weight excluding hydrogens is 236 g/mol. The van der Waals surface area contributed by atoms with Crippen molar-refractivity contribution in [3.63, 3.8) is 0 Å². The SMILES string of the molecule is c1cnc(-c2ccc(NC3CCNCC3)cc2)nc1. The first-order chi connectivity index (χ1) is 9.42. The maximum Gasteiger partial charge on any atom is 0.159 e. The van der Waals surface area contributed by atoms with Crippen LogP contribution in [0.2, 0.25) is 0 Å². The van der Waals surface area contributed by atoms with Crippen molar-refractivity contribution < 1.29 is 0 Å². The summed E-state index contributed by atoms with van der Waals surface area (Å²) in [5, 5.41) is 6.95. The molecule has 3 rings (SSSR count). The first-order valence-corrected chi connectivity index (χ1v) is 6.76. The van der Waals surface area contributed by atoms with E-state index in [0.717, 1.165) is 24.5 Å². The molecule has 2 aromatic rings. The van der Waals surface area contributed by atoms with Crippen LogP contribution in [-0.4, -0.2) is 29.1 Å². The summed E-state index contributed by atoms with van der Waals surface area (Å²) in [6, 6.07) is 10.8. The van der Waals surface area contributed by atoms with Gasteiger partial charge < -0.3 is 10.6 Å². The van der Waals surface area contributed by atoms with Crippen LogP contribution in [0, 0.1) is 0 Å². The maximum absolute atomic E-state index is 4.25. The molecule has 0 saturated carbocycles. The number of benzene rings is 1. The van der Waals surface area contributed by atoms with E-state index in [2.05, 4.69) is 44.9 Å². The summed E-state index contributed by atoms with van der Waals surface area (Å²) in [6.07, 6.45) is 5.90. The lowest BCUT2D eigenvalue weighted by Crippen LogP contribution is -2.35. The molecule has 1 saturated heterocycles. The molecule has 19 heavy (non-hydrogen) atoms. The van der Waals surface area contributed by atoms with Crippen LogP contribution in [0.5, 0.6) is 0 Å². The molecule has 1 aliphatic heterocycles. The van der Waals surface area contributed by atoms with Gasteiger partial charge in [0, 0.05) is 29.7 Å². The van der Waals surface area contributed by atoms with Gasteiger partial charge in [-0.15, -0.1) is 0 Å². The van der Waals surface area contributed by atoms with E-state index in [0.29, 0.717) is 6.04 Å². The van der Waals surface area contributed by atoms with Crippen molar-refractivity contribution in [1.82, 2.24) is 15.3 Å². The zero-order valence-electron chi connectivity index (χ0n) is 10.8. The maximum atomic E-state index is 4.25. The minimum absolute atomic E-state index is 0.583. The second-order valence-corrected chi connectivity index (χ2v) is 4.82. The van der Waals surface area contributed by atoms with Gasteiger partial charge >= 0.3 is 0 Å². The monoisotopic (exact) mass is 254 g/mol. The number of hydrogen-bond acceptors (Lipinski definition) is 4. The third-order valence-corrected chi connectivity index (χ3v) is 3.42. The lowest BCUT2D eigenvalue weighted by molar-refractivity contribution is 0.479. The van der Waals surface area contributed by atoms with Crippen molar-refractivity contribution >= 4 is 5.69 Å². The van der Waals surface area contributed by atoms with Crippen LogP contribution in [0.25, 0.3) is 11.4 Å². The normalized spacial score (nSPS) is 16.2. The summed E-state index contributed by atoms with van der Waals surface area (Å²) in [7, 11) is 0. The zero-order valence-corrected chi connectivity index (χ0v) is 10.8. The molecule has 1 aliphatic rings. The summed E-state index contributed by atoms with van der Waals surface area (Å²) in [4.78, 5) is 8.51. The van der Waals surface area contributed by atoms with Gasteiger partial charge in [-0.25, -0.2) is 9.97 Å². The Morgan fingerprint density at radius 1 is 1.00 bits per heavy atom. The van der Waals surface area contributed by atoms with Crippen molar-refractivity contribution in [2.24, 2.45) is 0 Å². The average Bonchev–Trinajstić information content (AvgIpc) is 2.50. The van der Waals surface area contributed by atoms with Gasteiger partial charge in [0.25, 0.3) is 0 Å². The van der Waals surface area contributed by atoms with Crippen molar-refractivity contribution in [2.75, 3.05) is 18.4 Å². The largest absolute Gasteiger partial charge is 0.382 e. The Morgan fingerprint density at radius 2 is 1.68 bits per heavy atom. The van der Waals surface area contributed by atoms with E-state index in [9.17, 15) is 0 Å². The number of rotatable bonds is 3. The van der Waals surface area contributed by atoms with E-state index in [1.165, 1.54) is 18.5 Å². The molecule has 0 radical (unpaired) electrons. The quantitative estimate of drug-likeness (QED) is 0.882. The van der Waals surface area contributed by atoms with E-state index >= 15 is 0 Å². The van der Waals surface area contributed by atoms with Gasteiger partial charge in [-0.05, 0) is 56.3 Å².